The summed E-state index contributed by atoms with van der Waals surface area (Å²) < 4.78 is 0. The minimum absolute atomic E-state index is 0.245. The Hall–Kier alpha value is -1.15. The largest absolute Gasteiger partial charge is 0.299 e. The van der Waals surface area contributed by atoms with E-state index in [-0.39, 0.29) is 5.41 Å². The van der Waals surface area contributed by atoms with Gasteiger partial charge in [0.2, 0.25) is 0 Å². The second-order valence-corrected chi connectivity index (χ2v) is 8.58. The number of Topliss-reactive ketones (excluding diaryl/α,β-unsaturated/α-hetero) is 1. The Balaban J connectivity index is 1.36. The lowest BCUT2D eigenvalue weighted by Crippen LogP contribution is -2.38. The van der Waals surface area contributed by atoms with E-state index in [4.69, 9.17) is 0 Å². The van der Waals surface area contributed by atoms with Gasteiger partial charge in [0, 0.05) is 32.0 Å². The third kappa shape index (κ3) is 2.65. The van der Waals surface area contributed by atoms with E-state index in [0.717, 1.165) is 38.4 Å². The van der Waals surface area contributed by atoms with Crippen LogP contribution in [0.5, 0.6) is 0 Å². The van der Waals surface area contributed by atoms with Crippen LogP contribution >= 0.6 is 0 Å². The van der Waals surface area contributed by atoms with E-state index in [2.05, 4.69) is 43.0 Å². The normalized spacial score (nSPS) is 32.0. The van der Waals surface area contributed by atoms with Crippen molar-refractivity contribution in [3.8, 4) is 0 Å². The van der Waals surface area contributed by atoms with E-state index in [9.17, 15) is 4.79 Å². The summed E-state index contributed by atoms with van der Waals surface area (Å²) in [6.45, 7) is 7.75. The summed E-state index contributed by atoms with van der Waals surface area (Å²) in [5.74, 6) is 2.35. The zero-order valence-electron chi connectivity index (χ0n) is 14.6. The summed E-state index contributed by atoms with van der Waals surface area (Å²) >= 11 is 0. The number of carbonyl (C=O) groups is 1. The van der Waals surface area contributed by atoms with Crippen molar-refractivity contribution in [2.45, 2.75) is 52.5 Å². The van der Waals surface area contributed by atoms with Crippen molar-refractivity contribution in [2.24, 2.45) is 23.2 Å². The van der Waals surface area contributed by atoms with Crippen LogP contribution < -0.4 is 0 Å². The fraction of sp³-hybridized carbons (Fsp3) is 0.667. The van der Waals surface area contributed by atoms with E-state index >= 15 is 0 Å². The molecule has 0 aromatic heterocycles. The molecule has 3 atom stereocenters. The summed E-state index contributed by atoms with van der Waals surface area (Å²) in [5, 5.41) is 0. The van der Waals surface area contributed by atoms with Crippen molar-refractivity contribution in [1.29, 1.82) is 0 Å². The zero-order valence-corrected chi connectivity index (χ0v) is 14.6. The molecule has 0 spiro atoms. The Morgan fingerprint density at radius 2 is 2.00 bits per heavy atom. The molecule has 3 aliphatic rings. The van der Waals surface area contributed by atoms with Crippen molar-refractivity contribution in [2.75, 3.05) is 13.1 Å². The molecule has 0 radical (unpaired) electrons. The van der Waals surface area contributed by atoms with Crippen molar-refractivity contribution >= 4 is 5.78 Å². The first kappa shape index (κ1) is 15.4. The van der Waals surface area contributed by atoms with Crippen molar-refractivity contribution in [3.63, 3.8) is 0 Å². The number of nitrogens with zero attached hydrogens (tertiary/aromatic N) is 1. The number of rotatable bonds is 4. The first-order valence-electron chi connectivity index (χ1n) is 9.37. The third-order valence-electron chi connectivity index (χ3n) is 7.03. The predicted octanol–water partition coefficient (Wildman–Crippen LogP) is 4.08. The molecule has 4 rings (SSSR count). The van der Waals surface area contributed by atoms with Crippen LogP contribution in [0.4, 0.5) is 0 Å². The Morgan fingerprint density at radius 1 is 1.22 bits per heavy atom. The van der Waals surface area contributed by atoms with Gasteiger partial charge in [0.15, 0.2) is 0 Å². The number of hydrogen-bond acceptors (Lipinski definition) is 2. The van der Waals surface area contributed by atoms with Gasteiger partial charge in [0.1, 0.15) is 5.78 Å². The molecule has 1 aromatic rings. The van der Waals surface area contributed by atoms with Gasteiger partial charge in [-0.25, -0.2) is 0 Å². The molecule has 0 N–H and O–H groups in total. The third-order valence-corrected chi connectivity index (χ3v) is 7.03. The second-order valence-electron chi connectivity index (χ2n) is 8.58. The van der Waals surface area contributed by atoms with E-state index in [1.54, 1.807) is 0 Å². The van der Waals surface area contributed by atoms with Gasteiger partial charge in [-0.15, -0.1) is 0 Å². The Kier molecular flexibility index (Phi) is 3.84. The van der Waals surface area contributed by atoms with E-state index in [1.807, 2.05) is 0 Å². The minimum atomic E-state index is 0.245. The van der Waals surface area contributed by atoms with Gasteiger partial charge in [-0.2, -0.15) is 0 Å². The highest BCUT2D eigenvalue weighted by molar-refractivity contribution is 5.83. The van der Waals surface area contributed by atoms with Gasteiger partial charge in [-0.1, -0.05) is 38.1 Å². The molecule has 2 heteroatoms. The summed E-state index contributed by atoms with van der Waals surface area (Å²) in [6.07, 6.45) is 5.83. The number of benzene rings is 1. The molecule has 1 aliphatic heterocycles. The number of fused-ring (bicyclic) bond motifs is 3. The molecule has 2 aliphatic carbocycles. The standard InChI is InChI=1S/C21H29NO/c1-21(2)18-8-7-16(13-18)20(21)19(23)10-12-22-11-9-15-5-3-4-6-17(15)14-22/h3-6,16,18,20H,7-14H2,1-2H3/t16-,18-,20-/m1/s1. The maximum atomic E-state index is 12.9. The van der Waals surface area contributed by atoms with Crippen LogP contribution in [0.15, 0.2) is 24.3 Å². The van der Waals surface area contributed by atoms with Crippen LogP contribution in [-0.2, 0) is 17.8 Å². The summed E-state index contributed by atoms with van der Waals surface area (Å²) in [4.78, 5) is 15.4. The number of hydrogen-bond donors (Lipinski definition) is 0. The summed E-state index contributed by atoms with van der Waals surface area (Å²) in [6, 6.07) is 8.75. The van der Waals surface area contributed by atoms with E-state index in [0.29, 0.717) is 17.6 Å². The minimum Gasteiger partial charge on any atom is -0.299 e. The Bertz CT molecular complexity index is 606. The maximum absolute atomic E-state index is 12.9. The van der Waals surface area contributed by atoms with Gasteiger partial charge in [0.05, 0.1) is 0 Å². The predicted molar refractivity (Wildman–Crippen MR) is 93.1 cm³/mol. The summed E-state index contributed by atoms with van der Waals surface area (Å²) in [5.41, 5.74) is 3.19. The molecular weight excluding hydrogens is 282 g/mol. The fourth-order valence-electron chi connectivity index (χ4n) is 5.70. The van der Waals surface area contributed by atoms with Crippen LogP contribution in [0.3, 0.4) is 0 Å². The smallest absolute Gasteiger partial charge is 0.138 e. The van der Waals surface area contributed by atoms with Gasteiger partial charge in [-0.05, 0) is 54.1 Å². The van der Waals surface area contributed by atoms with Crippen LogP contribution in [0.25, 0.3) is 0 Å². The van der Waals surface area contributed by atoms with Gasteiger partial charge >= 0.3 is 0 Å². The molecule has 124 valence electrons. The summed E-state index contributed by atoms with van der Waals surface area (Å²) in [7, 11) is 0. The first-order chi connectivity index (χ1) is 11.1. The molecule has 0 saturated heterocycles. The van der Waals surface area contributed by atoms with Crippen LogP contribution in [0.1, 0.15) is 50.7 Å². The SMILES string of the molecule is CC1(C)[C@@H]2CC[C@H](C2)[C@@H]1C(=O)CCN1CCc2ccccc2C1. The van der Waals surface area contributed by atoms with Gasteiger partial charge < -0.3 is 0 Å². The maximum Gasteiger partial charge on any atom is 0.138 e. The highest BCUT2D eigenvalue weighted by atomic mass is 16.1. The van der Waals surface area contributed by atoms with Crippen molar-refractivity contribution in [3.05, 3.63) is 35.4 Å². The van der Waals surface area contributed by atoms with E-state index in [1.165, 1.54) is 30.4 Å². The highest BCUT2D eigenvalue weighted by Gasteiger charge is 2.54. The van der Waals surface area contributed by atoms with Crippen molar-refractivity contribution in [1.82, 2.24) is 4.90 Å². The molecule has 0 unspecified atom stereocenters. The van der Waals surface area contributed by atoms with Crippen LogP contribution in [-0.4, -0.2) is 23.8 Å². The monoisotopic (exact) mass is 311 g/mol. The quantitative estimate of drug-likeness (QED) is 0.835. The zero-order chi connectivity index (χ0) is 16.0. The average molecular weight is 311 g/mol. The molecule has 0 amide bonds. The molecule has 1 aromatic carbocycles. The second kappa shape index (κ2) is 5.73. The van der Waals surface area contributed by atoms with Gasteiger partial charge in [0.25, 0.3) is 0 Å². The molecule has 1 heterocycles. The van der Waals surface area contributed by atoms with E-state index < -0.39 is 0 Å². The highest BCUT2D eigenvalue weighted by Crippen LogP contribution is 2.59. The van der Waals surface area contributed by atoms with Crippen LogP contribution in [0.2, 0.25) is 0 Å². The average Bonchev–Trinajstić information content (AvgIpc) is 3.11. The lowest BCUT2D eigenvalue weighted by molar-refractivity contribution is -0.129. The van der Waals surface area contributed by atoms with Crippen LogP contribution in [0, 0.1) is 23.2 Å². The topological polar surface area (TPSA) is 20.3 Å². The molecule has 23 heavy (non-hydrogen) atoms. The molecular formula is C21H29NO. The fourth-order valence-corrected chi connectivity index (χ4v) is 5.70. The first-order valence-corrected chi connectivity index (χ1v) is 9.37. The Morgan fingerprint density at radius 3 is 2.74 bits per heavy atom. The van der Waals surface area contributed by atoms with Gasteiger partial charge in [-0.3, -0.25) is 9.69 Å². The molecule has 2 saturated carbocycles. The van der Waals surface area contributed by atoms with Crippen molar-refractivity contribution < 1.29 is 4.79 Å². The lowest BCUT2D eigenvalue weighted by Gasteiger charge is -2.38. The number of carbonyl (C=O) groups excluding carboxylic acids is 1. The Labute approximate surface area is 140 Å². The molecule has 2 bridgehead atoms. The lowest BCUT2D eigenvalue weighted by atomic mass is 9.66. The molecule has 2 nitrogen and oxygen atoms in total. The number of ketones is 1. The molecule has 2 fully saturated rings.